The van der Waals surface area contributed by atoms with Crippen LogP contribution in [-0.2, 0) is 4.79 Å². The Balaban J connectivity index is 1.55. The summed E-state index contributed by atoms with van der Waals surface area (Å²) in [7, 11) is 0. The third kappa shape index (κ3) is 3.66. The molecule has 2 heterocycles. The molecule has 0 radical (unpaired) electrons. The number of urea groups is 1. The summed E-state index contributed by atoms with van der Waals surface area (Å²) in [5, 5.41) is 11.5. The molecule has 1 aromatic carbocycles. The zero-order valence-electron chi connectivity index (χ0n) is 13.3. The Bertz CT molecular complexity index is 547. The summed E-state index contributed by atoms with van der Waals surface area (Å²) in [5.74, 6) is -0.271. The van der Waals surface area contributed by atoms with E-state index in [4.69, 9.17) is 5.11 Å². The molecule has 2 amide bonds. The third-order valence-electron chi connectivity index (χ3n) is 5.08. The van der Waals surface area contributed by atoms with E-state index in [1.165, 1.54) is 5.56 Å². The minimum Gasteiger partial charge on any atom is -0.481 e. The van der Waals surface area contributed by atoms with Crippen LogP contribution < -0.4 is 5.32 Å². The van der Waals surface area contributed by atoms with E-state index in [0.29, 0.717) is 31.0 Å². The summed E-state index contributed by atoms with van der Waals surface area (Å²) in [6, 6.07) is 11.2. The molecule has 0 spiro atoms. The van der Waals surface area contributed by atoms with Gasteiger partial charge in [-0.15, -0.1) is 0 Å². The first-order chi connectivity index (χ1) is 11.1. The normalized spacial score (nSPS) is 26.1. The molecule has 1 aromatic rings. The molecule has 5 heteroatoms. The van der Waals surface area contributed by atoms with Crippen molar-refractivity contribution in [1.29, 1.82) is 0 Å². The number of benzene rings is 1. The van der Waals surface area contributed by atoms with Gasteiger partial charge >= 0.3 is 12.0 Å². The molecule has 3 rings (SSSR count). The highest BCUT2D eigenvalue weighted by atomic mass is 16.4. The number of carbonyl (C=O) groups excluding carboxylic acids is 1. The van der Waals surface area contributed by atoms with E-state index in [1.54, 1.807) is 0 Å². The van der Waals surface area contributed by atoms with E-state index in [1.807, 2.05) is 11.0 Å². The summed E-state index contributed by atoms with van der Waals surface area (Å²) < 4.78 is 0. The minimum atomic E-state index is -0.817. The standard InChI is InChI=1S/C18H24N2O3/c21-17(22)7-4-10-19-18(23)20-15-8-9-16(20)12-14(11-15)13-5-2-1-3-6-13/h1-3,5-6,14-16H,4,7-12H2,(H,19,23)(H,21,22)/t14?,15-,16+. The first-order valence-corrected chi connectivity index (χ1v) is 8.48. The fourth-order valence-corrected chi connectivity index (χ4v) is 4.03. The highest BCUT2D eigenvalue weighted by molar-refractivity contribution is 5.75. The number of hydrogen-bond acceptors (Lipinski definition) is 2. The zero-order chi connectivity index (χ0) is 16.2. The molecule has 124 valence electrons. The van der Waals surface area contributed by atoms with Crippen LogP contribution in [0.3, 0.4) is 0 Å². The van der Waals surface area contributed by atoms with Crippen molar-refractivity contribution in [2.45, 2.75) is 56.5 Å². The van der Waals surface area contributed by atoms with Crippen LogP contribution in [0.4, 0.5) is 4.79 Å². The summed E-state index contributed by atoms with van der Waals surface area (Å²) in [5.41, 5.74) is 1.38. The van der Waals surface area contributed by atoms with Crippen LogP contribution in [0.5, 0.6) is 0 Å². The first kappa shape index (κ1) is 15.8. The van der Waals surface area contributed by atoms with Gasteiger partial charge in [0.1, 0.15) is 0 Å². The lowest BCUT2D eigenvalue weighted by Gasteiger charge is -2.39. The monoisotopic (exact) mass is 316 g/mol. The summed E-state index contributed by atoms with van der Waals surface area (Å²) in [6.45, 7) is 0.434. The predicted octanol–water partition coefficient (Wildman–Crippen LogP) is 2.97. The number of amides is 2. The highest BCUT2D eigenvalue weighted by Crippen LogP contribution is 2.42. The Morgan fingerprint density at radius 3 is 2.39 bits per heavy atom. The van der Waals surface area contributed by atoms with Crippen molar-refractivity contribution in [2.24, 2.45) is 0 Å². The van der Waals surface area contributed by atoms with Crippen molar-refractivity contribution in [1.82, 2.24) is 10.2 Å². The van der Waals surface area contributed by atoms with Crippen LogP contribution in [0.15, 0.2) is 30.3 Å². The second-order valence-corrected chi connectivity index (χ2v) is 6.60. The van der Waals surface area contributed by atoms with E-state index in [9.17, 15) is 9.59 Å². The Labute approximate surface area is 136 Å². The minimum absolute atomic E-state index is 0.0191. The molecule has 2 bridgehead atoms. The van der Waals surface area contributed by atoms with Crippen LogP contribution in [0.1, 0.15) is 50.0 Å². The number of carboxylic acid groups (broad SMARTS) is 1. The van der Waals surface area contributed by atoms with Gasteiger partial charge in [0.05, 0.1) is 0 Å². The van der Waals surface area contributed by atoms with Crippen molar-refractivity contribution in [3.05, 3.63) is 35.9 Å². The van der Waals surface area contributed by atoms with Gasteiger partial charge in [-0.05, 0) is 43.6 Å². The Hall–Kier alpha value is -2.04. The molecule has 2 saturated heterocycles. The van der Waals surface area contributed by atoms with Gasteiger partial charge < -0.3 is 15.3 Å². The summed E-state index contributed by atoms with van der Waals surface area (Å²) >= 11 is 0. The average Bonchev–Trinajstić information content (AvgIpc) is 2.82. The average molecular weight is 316 g/mol. The highest BCUT2D eigenvalue weighted by Gasteiger charge is 2.43. The number of rotatable bonds is 5. The van der Waals surface area contributed by atoms with Gasteiger partial charge in [-0.3, -0.25) is 4.79 Å². The van der Waals surface area contributed by atoms with Crippen LogP contribution in [0.25, 0.3) is 0 Å². The molecule has 5 nitrogen and oxygen atoms in total. The lowest BCUT2D eigenvalue weighted by Crippen LogP contribution is -2.50. The van der Waals surface area contributed by atoms with Gasteiger partial charge in [-0.1, -0.05) is 30.3 Å². The quantitative estimate of drug-likeness (QED) is 0.821. The predicted molar refractivity (Wildman–Crippen MR) is 87.3 cm³/mol. The molecule has 0 aliphatic carbocycles. The molecule has 2 aliphatic rings. The van der Waals surface area contributed by atoms with Crippen LogP contribution in [-0.4, -0.2) is 40.6 Å². The Morgan fingerprint density at radius 1 is 1.13 bits per heavy atom. The van der Waals surface area contributed by atoms with Gasteiger partial charge in [0, 0.05) is 25.0 Å². The molecule has 2 N–H and O–H groups in total. The number of nitrogens with zero attached hydrogens (tertiary/aromatic N) is 1. The van der Waals surface area contributed by atoms with Crippen molar-refractivity contribution in [3.8, 4) is 0 Å². The largest absolute Gasteiger partial charge is 0.481 e. The van der Waals surface area contributed by atoms with Crippen molar-refractivity contribution in [2.75, 3.05) is 6.54 Å². The fourth-order valence-electron chi connectivity index (χ4n) is 4.03. The van der Waals surface area contributed by atoms with E-state index in [-0.39, 0.29) is 12.5 Å². The molecule has 3 atom stereocenters. The number of aliphatic carboxylic acids is 1. The number of nitrogens with one attached hydrogen (secondary N) is 1. The Kier molecular flexibility index (Phi) is 4.84. The molecule has 23 heavy (non-hydrogen) atoms. The number of hydrogen-bond donors (Lipinski definition) is 2. The first-order valence-electron chi connectivity index (χ1n) is 8.48. The van der Waals surface area contributed by atoms with E-state index >= 15 is 0 Å². The lowest BCUT2D eigenvalue weighted by atomic mass is 9.85. The third-order valence-corrected chi connectivity index (χ3v) is 5.08. The lowest BCUT2D eigenvalue weighted by molar-refractivity contribution is -0.137. The fraction of sp³-hybridized carbons (Fsp3) is 0.556. The van der Waals surface area contributed by atoms with Gasteiger partial charge in [-0.2, -0.15) is 0 Å². The molecular formula is C18H24N2O3. The Morgan fingerprint density at radius 2 is 1.78 bits per heavy atom. The van der Waals surface area contributed by atoms with Crippen LogP contribution >= 0.6 is 0 Å². The second kappa shape index (κ2) is 7.02. The molecule has 1 unspecified atom stereocenters. The van der Waals surface area contributed by atoms with Gasteiger partial charge in [0.25, 0.3) is 0 Å². The van der Waals surface area contributed by atoms with Crippen LogP contribution in [0.2, 0.25) is 0 Å². The maximum absolute atomic E-state index is 12.4. The van der Waals surface area contributed by atoms with Crippen LogP contribution in [0, 0.1) is 0 Å². The summed E-state index contributed by atoms with van der Waals surface area (Å²) in [4.78, 5) is 24.9. The van der Waals surface area contributed by atoms with E-state index < -0.39 is 5.97 Å². The van der Waals surface area contributed by atoms with Gasteiger partial charge in [0.2, 0.25) is 0 Å². The van der Waals surface area contributed by atoms with Crippen molar-refractivity contribution >= 4 is 12.0 Å². The van der Waals surface area contributed by atoms with Crippen molar-refractivity contribution < 1.29 is 14.7 Å². The maximum Gasteiger partial charge on any atom is 0.317 e. The van der Waals surface area contributed by atoms with Gasteiger partial charge in [-0.25, -0.2) is 4.79 Å². The van der Waals surface area contributed by atoms with Crippen molar-refractivity contribution in [3.63, 3.8) is 0 Å². The summed E-state index contributed by atoms with van der Waals surface area (Å²) in [6.07, 6.45) is 4.80. The zero-order valence-corrected chi connectivity index (χ0v) is 13.3. The smallest absolute Gasteiger partial charge is 0.317 e. The topological polar surface area (TPSA) is 69.6 Å². The number of piperidine rings is 1. The molecular weight excluding hydrogens is 292 g/mol. The molecule has 0 aromatic heterocycles. The van der Waals surface area contributed by atoms with E-state index in [0.717, 1.165) is 25.7 Å². The number of fused-ring (bicyclic) bond motifs is 2. The van der Waals surface area contributed by atoms with E-state index in [2.05, 4.69) is 29.6 Å². The SMILES string of the molecule is O=C(O)CCCNC(=O)N1[C@@H]2CC[C@H]1CC(c1ccccc1)C2. The number of carboxylic acids is 1. The molecule has 2 aliphatic heterocycles. The molecule has 2 fully saturated rings. The molecule has 0 saturated carbocycles. The second-order valence-electron chi connectivity index (χ2n) is 6.60. The number of carbonyl (C=O) groups is 2. The van der Waals surface area contributed by atoms with Gasteiger partial charge in [0.15, 0.2) is 0 Å². The maximum atomic E-state index is 12.4.